The zero-order valence-corrected chi connectivity index (χ0v) is 13.0. The average Bonchev–Trinajstić information content (AvgIpc) is 2.99. The van der Waals surface area contributed by atoms with E-state index in [2.05, 4.69) is 4.72 Å². The Balaban J connectivity index is 2.13. The number of carbonyl (C=O) groups is 1. The van der Waals surface area contributed by atoms with Crippen LogP contribution in [-0.2, 0) is 14.8 Å². The summed E-state index contributed by atoms with van der Waals surface area (Å²) in [5.74, 6) is -0.210. The molecule has 0 spiro atoms. The van der Waals surface area contributed by atoms with Crippen LogP contribution in [0, 0.1) is 0 Å². The first-order chi connectivity index (χ1) is 9.94. The number of hydrogen-bond donors (Lipinski definition) is 1. The summed E-state index contributed by atoms with van der Waals surface area (Å²) in [5, 5.41) is 0. The Labute approximate surface area is 125 Å². The number of benzene rings is 1. The molecule has 1 aromatic carbocycles. The second-order valence-electron chi connectivity index (χ2n) is 5.06. The molecule has 1 aromatic rings. The SMILES string of the molecule is CNS(=O)(=O)c1cccc(C(=O)N(C)CC2CCCO2)c1. The van der Waals surface area contributed by atoms with Crippen LogP contribution < -0.4 is 4.72 Å². The molecule has 6 nitrogen and oxygen atoms in total. The van der Waals surface area contributed by atoms with Gasteiger partial charge in [-0.1, -0.05) is 6.07 Å². The van der Waals surface area contributed by atoms with Crippen LogP contribution in [0.4, 0.5) is 0 Å². The molecule has 0 saturated carbocycles. The van der Waals surface area contributed by atoms with Crippen molar-refractivity contribution in [3.63, 3.8) is 0 Å². The topological polar surface area (TPSA) is 75.7 Å². The fraction of sp³-hybridized carbons (Fsp3) is 0.500. The predicted molar refractivity (Wildman–Crippen MR) is 78.6 cm³/mol. The zero-order chi connectivity index (χ0) is 15.5. The summed E-state index contributed by atoms with van der Waals surface area (Å²) >= 11 is 0. The number of carbonyl (C=O) groups excluding carboxylic acids is 1. The molecule has 1 amide bonds. The minimum absolute atomic E-state index is 0.0724. The van der Waals surface area contributed by atoms with Crippen molar-refractivity contribution in [2.45, 2.75) is 23.8 Å². The zero-order valence-electron chi connectivity index (χ0n) is 12.2. The maximum absolute atomic E-state index is 12.4. The van der Waals surface area contributed by atoms with E-state index in [1.165, 1.54) is 19.2 Å². The van der Waals surface area contributed by atoms with Crippen molar-refractivity contribution in [1.82, 2.24) is 9.62 Å². The van der Waals surface area contributed by atoms with Gasteiger partial charge in [0.2, 0.25) is 10.0 Å². The van der Waals surface area contributed by atoms with Gasteiger partial charge in [-0.05, 0) is 38.1 Å². The summed E-state index contributed by atoms with van der Waals surface area (Å²) in [5.41, 5.74) is 0.354. The molecule has 0 bridgehead atoms. The molecule has 116 valence electrons. The van der Waals surface area contributed by atoms with E-state index in [1.807, 2.05) is 0 Å². The third kappa shape index (κ3) is 3.81. The molecule has 1 aliphatic rings. The van der Waals surface area contributed by atoms with Gasteiger partial charge in [0.1, 0.15) is 0 Å². The standard InChI is InChI=1S/C14H20N2O4S/c1-15-21(18,19)13-7-3-5-11(9-13)14(17)16(2)10-12-6-4-8-20-12/h3,5,7,9,12,15H,4,6,8,10H2,1-2H3. The van der Waals surface area contributed by atoms with Crippen LogP contribution in [0.3, 0.4) is 0 Å². The minimum Gasteiger partial charge on any atom is -0.376 e. The van der Waals surface area contributed by atoms with Crippen LogP contribution in [0.15, 0.2) is 29.2 Å². The van der Waals surface area contributed by atoms with Crippen molar-refractivity contribution in [2.75, 3.05) is 27.2 Å². The van der Waals surface area contributed by atoms with E-state index in [1.54, 1.807) is 24.1 Å². The first-order valence-corrected chi connectivity index (χ1v) is 8.33. The lowest BCUT2D eigenvalue weighted by Crippen LogP contribution is -2.34. The quantitative estimate of drug-likeness (QED) is 0.874. The third-order valence-corrected chi connectivity index (χ3v) is 4.92. The highest BCUT2D eigenvalue weighted by molar-refractivity contribution is 7.89. The van der Waals surface area contributed by atoms with Gasteiger partial charge < -0.3 is 9.64 Å². The van der Waals surface area contributed by atoms with Crippen molar-refractivity contribution in [3.05, 3.63) is 29.8 Å². The van der Waals surface area contributed by atoms with E-state index in [4.69, 9.17) is 4.74 Å². The number of hydrogen-bond acceptors (Lipinski definition) is 4. The molecule has 1 saturated heterocycles. The predicted octanol–water partition coefficient (Wildman–Crippen LogP) is 0.846. The molecule has 0 aromatic heterocycles. The molecule has 0 radical (unpaired) electrons. The van der Waals surface area contributed by atoms with Crippen LogP contribution >= 0.6 is 0 Å². The van der Waals surface area contributed by atoms with E-state index in [-0.39, 0.29) is 16.9 Å². The first kappa shape index (κ1) is 15.9. The van der Waals surface area contributed by atoms with Gasteiger partial charge >= 0.3 is 0 Å². The van der Waals surface area contributed by atoms with Crippen molar-refractivity contribution >= 4 is 15.9 Å². The molecule has 1 unspecified atom stereocenters. The molecule has 1 atom stereocenters. The van der Waals surface area contributed by atoms with Gasteiger partial charge in [0, 0.05) is 25.8 Å². The molecule has 1 N–H and O–H groups in total. The lowest BCUT2D eigenvalue weighted by atomic mass is 10.2. The van der Waals surface area contributed by atoms with Crippen LogP contribution in [0.2, 0.25) is 0 Å². The van der Waals surface area contributed by atoms with Gasteiger partial charge in [-0.3, -0.25) is 4.79 Å². The Kier molecular flexibility index (Phi) is 4.97. The smallest absolute Gasteiger partial charge is 0.253 e. The van der Waals surface area contributed by atoms with E-state index in [0.29, 0.717) is 12.1 Å². The maximum Gasteiger partial charge on any atom is 0.253 e. The van der Waals surface area contributed by atoms with Crippen molar-refractivity contribution in [3.8, 4) is 0 Å². The number of rotatable bonds is 5. The summed E-state index contributed by atoms with van der Waals surface area (Å²) in [7, 11) is -0.509. The number of likely N-dealkylation sites (N-methyl/N-ethyl adjacent to an activating group) is 1. The van der Waals surface area contributed by atoms with Crippen LogP contribution in [-0.4, -0.2) is 52.6 Å². The summed E-state index contributed by atoms with van der Waals surface area (Å²) in [6, 6.07) is 6.03. The largest absolute Gasteiger partial charge is 0.376 e. The summed E-state index contributed by atoms with van der Waals surface area (Å²) in [4.78, 5) is 14.0. The summed E-state index contributed by atoms with van der Waals surface area (Å²) in [6.45, 7) is 1.25. The Hall–Kier alpha value is -1.44. The Morgan fingerprint density at radius 2 is 2.24 bits per heavy atom. The molecule has 1 fully saturated rings. The number of sulfonamides is 1. The second kappa shape index (κ2) is 6.55. The van der Waals surface area contributed by atoms with Crippen molar-refractivity contribution in [2.24, 2.45) is 0 Å². The van der Waals surface area contributed by atoms with Gasteiger partial charge in [0.05, 0.1) is 11.0 Å². The van der Waals surface area contributed by atoms with E-state index >= 15 is 0 Å². The van der Waals surface area contributed by atoms with Gasteiger partial charge in [-0.2, -0.15) is 0 Å². The molecule has 1 aliphatic heterocycles. The molecule has 2 rings (SSSR count). The summed E-state index contributed by atoms with van der Waals surface area (Å²) in [6.07, 6.45) is 2.04. The third-order valence-electron chi connectivity index (χ3n) is 3.51. The molecule has 7 heteroatoms. The fourth-order valence-electron chi connectivity index (χ4n) is 2.31. The van der Waals surface area contributed by atoms with Crippen LogP contribution in [0.5, 0.6) is 0 Å². The molecule has 0 aliphatic carbocycles. The maximum atomic E-state index is 12.4. The number of nitrogens with one attached hydrogen (secondary N) is 1. The monoisotopic (exact) mass is 312 g/mol. The van der Waals surface area contributed by atoms with Gasteiger partial charge in [-0.25, -0.2) is 13.1 Å². The Bertz CT molecular complexity index is 609. The molecular weight excluding hydrogens is 292 g/mol. The highest BCUT2D eigenvalue weighted by atomic mass is 32.2. The lowest BCUT2D eigenvalue weighted by molar-refractivity contribution is 0.0587. The van der Waals surface area contributed by atoms with Crippen molar-refractivity contribution in [1.29, 1.82) is 0 Å². The summed E-state index contributed by atoms with van der Waals surface area (Å²) < 4.78 is 31.3. The van der Waals surface area contributed by atoms with Crippen molar-refractivity contribution < 1.29 is 17.9 Å². The normalized spacial score (nSPS) is 18.7. The fourth-order valence-corrected chi connectivity index (χ4v) is 3.09. The highest BCUT2D eigenvalue weighted by Gasteiger charge is 2.22. The van der Waals surface area contributed by atoms with Gasteiger partial charge in [0.25, 0.3) is 5.91 Å². The van der Waals surface area contributed by atoms with Crippen LogP contribution in [0.1, 0.15) is 23.2 Å². The Morgan fingerprint density at radius 1 is 1.48 bits per heavy atom. The Morgan fingerprint density at radius 3 is 2.86 bits per heavy atom. The van der Waals surface area contributed by atoms with E-state index in [0.717, 1.165) is 19.4 Å². The number of nitrogens with zero attached hydrogens (tertiary/aromatic N) is 1. The minimum atomic E-state index is -3.55. The molecule has 21 heavy (non-hydrogen) atoms. The van der Waals surface area contributed by atoms with E-state index in [9.17, 15) is 13.2 Å². The van der Waals surface area contributed by atoms with E-state index < -0.39 is 10.0 Å². The van der Waals surface area contributed by atoms with Gasteiger partial charge in [0.15, 0.2) is 0 Å². The number of ether oxygens (including phenoxy) is 1. The van der Waals surface area contributed by atoms with Crippen LogP contribution in [0.25, 0.3) is 0 Å². The molecule has 1 heterocycles. The first-order valence-electron chi connectivity index (χ1n) is 6.84. The average molecular weight is 312 g/mol. The lowest BCUT2D eigenvalue weighted by Gasteiger charge is -2.21. The van der Waals surface area contributed by atoms with Gasteiger partial charge in [-0.15, -0.1) is 0 Å². The number of amides is 1. The second-order valence-corrected chi connectivity index (χ2v) is 6.94. The highest BCUT2D eigenvalue weighted by Crippen LogP contribution is 2.16. The molecular formula is C14H20N2O4S.